The number of amides is 1. The van der Waals surface area contributed by atoms with Gasteiger partial charge in [-0.1, -0.05) is 18.6 Å². The monoisotopic (exact) mass is 329 g/mol. The molecular weight excluding hydrogens is 310 g/mol. The predicted octanol–water partition coefficient (Wildman–Crippen LogP) is 2.31. The van der Waals surface area contributed by atoms with Gasteiger partial charge in [-0.2, -0.15) is 0 Å². The Morgan fingerprint density at radius 3 is 2.67 bits per heavy atom. The average Bonchev–Trinajstić information content (AvgIpc) is 2.97. The molecule has 2 fully saturated rings. The molecule has 1 aromatic carbocycles. The highest BCUT2D eigenvalue weighted by atomic mass is 16.6. The smallest absolute Gasteiger partial charge is 0.293 e. The van der Waals surface area contributed by atoms with E-state index >= 15 is 0 Å². The molecule has 1 aliphatic carbocycles. The zero-order valence-corrected chi connectivity index (χ0v) is 13.1. The number of H-pyrrole nitrogens is 1. The minimum Gasteiger partial charge on any atom is -0.392 e. The van der Waals surface area contributed by atoms with Crippen LogP contribution in [0.5, 0.6) is 0 Å². The number of aliphatic hydroxyl groups excluding tert-OH is 1. The molecule has 1 aromatic heterocycles. The Kier molecular flexibility index (Phi) is 3.53. The second-order valence-electron chi connectivity index (χ2n) is 6.83. The summed E-state index contributed by atoms with van der Waals surface area (Å²) >= 11 is 0. The average molecular weight is 329 g/mol. The largest absolute Gasteiger partial charge is 0.392 e. The quantitative estimate of drug-likeness (QED) is 0.652. The number of nitrogens with one attached hydrogen (secondary N) is 1. The lowest BCUT2D eigenvalue weighted by atomic mass is 9.75. The Morgan fingerprint density at radius 2 is 2.00 bits per heavy atom. The number of nitro benzene ring substituents is 1. The molecule has 126 valence electrons. The Balaban J connectivity index is 1.64. The van der Waals surface area contributed by atoms with Crippen LogP contribution in [-0.2, 0) is 0 Å². The molecule has 7 nitrogen and oxygen atoms in total. The Morgan fingerprint density at radius 1 is 1.29 bits per heavy atom. The lowest BCUT2D eigenvalue weighted by molar-refractivity contribution is -0.383. The summed E-state index contributed by atoms with van der Waals surface area (Å²) < 4.78 is 0. The van der Waals surface area contributed by atoms with Crippen LogP contribution < -0.4 is 0 Å². The second-order valence-corrected chi connectivity index (χ2v) is 6.83. The first kappa shape index (κ1) is 15.1. The van der Waals surface area contributed by atoms with Crippen molar-refractivity contribution in [3.05, 3.63) is 40.1 Å². The van der Waals surface area contributed by atoms with E-state index in [0.717, 1.165) is 19.3 Å². The number of nitrogens with zero attached hydrogens (tertiary/aromatic N) is 2. The molecule has 1 saturated carbocycles. The third-order valence-corrected chi connectivity index (χ3v) is 5.37. The molecule has 7 heteroatoms. The number of benzene rings is 1. The minimum absolute atomic E-state index is 0.0301. The maximum atomic E-state index is 12.8. The lowest BCUT2D eigenvalue weighted by Gasteiger charge is -2.44. The number of carbonyl (C=O) groups excluding carboxylic acids is 1. The fraction of sp³-hybridized carbons (Fsp3) is 0.471. The van der Waals surface area contributed by atoms with E-state index in [-0.39, 0.29) is 29.5 Å². The van der Waals surface area contributed by atoms with Gasteiger partial charge in [-0.25, -0.2) is 0 Å². The number of aromatic nitrogens is 1. The number of carbonyl (C=O) groups is 1. The summed E-state index contributed by atoms with van der Waals surface area (Å²) in [5, 5.41) is 22.0. The zero-order valence-electron chi connectivity index (χ0n) is 13.1. The summed E-state index contributed by atoms with van der Waals surface area (Å²) in [4.78, 5) is 28.2. The maximum Gasteiger partial charge on any atom is 0.293 e. The molecule has 1 amide bonds. The molecule has 1 aliphatic heterocycles. The van der Waals surface area contributed by atoms with Crippen LogP contribution in [0.1, 0.15) is 29.8 Å². The van der Waals surface area contributed by atoms with Crippen LogP contribution in [-0.4, -0.2) is 45.0 Å². The van der Waals surface area contributed by atoms with Gasteiger partial charge in [0.2, 0.25) is 0 Å². The highest BCUT2D eigenvalue weighted by Crippen LogP contribution is 2.35. The molecule has 2 aliphatic rings. The van der Waals surface area contributed by atoms with Crippen molar-refractivity contribution in [1.82, 2.24) is 9.88 Å². The van der Waals surface area contributed by atoms with Gasteiger partial charge in [-0.3, -0.25) is 14.9 Å². The molecule has 0 spiro atoms. The molecule has 2 N–H and O–H groups in total. The van der Waals surface area contributed by atoms with Gasteiger partial charge in [0.25, 0.3) is 11.6 Å². The van der Waals surface area contributed by atoms with Crippen molar-refractivity contribution in [2.75, 3.05) is 13.1 Å². The molecule has 1 unspecified atom stereocenters. The Hall–Kier alpha value is -2.41. The summed E-state index contributed by atoms with van der Waals surface area (Å²) in [6.07, 6.45) is 2.68. The first-order valence-corrected chi connectivity index (χ1v) is 8.28. The van der Waals surface area contributed by atoms with Crippen molar-refractivity contribution >= 4 is 22.5 Å². The first-order valence-electron chi connectivity index (χ1n) is 8.28. The van der Waals surface area contributed by atoms with Gasteiger partial charge >= 0.3 is 0 Å². The number of hydrogen-bond acceptors (Lipinski definition) is 4. The summed E-state index contributed by atoms with van der Waals surface area (Å²) in [5.74, 6) is 0.129. The van der Waals surface area contributed by atoms with Crippen LogP contribution in [0.25, 0.3) is 10.9 Å². The van der Waals surface area contributed by atoms with E-state index in [9.17, 15) is 20.0 Å². The van der Waals surface area contributed by atoms with E-state index in [1.807, 2.05) is 0 Å². The number of non-ortho nitro benzene ring substituents is 1. The van der Waals surface area contributed by atoms with Gasteiger partial charge in [0.1, 0.15) is 11.2 Å². The van der Waals surface area contributed by atoms with Crippen molar-refractivity contribution in [2.24, 2.45) is 11.8 Å². The van der Waals surface area contributed by atoms with Crippen LogP contribution in [0.3, 0.4) is 0 Å². The number of fused-ring (bicyclic) bond motifs is 3. The molecule has 1 saturated heterocycles. The van der Waals surface area contributed by atoms with E-state index in [4.69, 9.17) is 0 Å². The fourth-order valence-electron chi connectivity index (χ4n) is 4.15. The van der Waals surface area contributed by atoms with Crippen molar-refractivity contribution < 1.29 is 14.8 Å². The van der Waals surface area contributed by atoms with Crippen LogP contribution >= 0.6 is 0 Å². The number of rotatable bonds is 2. The summed E-state index contributed by atoms with van der Waals surface area (Å²) in [5.41, 5.74) is 0.717. The van der Waals surface area contributed by atoms with Gasteiger partial charge in [-0.05, 0) is 18.9 Å². The van der Waals surface area contributed by atoms with Crippen molar-refractivity contribution in [2.45, 2.75) is 25.4 Å². The number of likely N-dealkylation sites (tertiary alicyclic amines) is 1. The molecule has 24 heavy (non-hydrogen) atoms. The number of nitro groups is 1. The Labute approximate surface area is 138 Å². The molecule has 2 bridgehead atoms. The van der Waals surface area contributed by atoms with Crippen molar-refractivity contribution in [3.8, 4) is 0 Å². The molecule has 2 aromatic rings. The van der Waals surface area contributed by atoms with Gasteiger partial charge < -0.3 is 15.0 Å². The molecule has 3 atom stereocenters. The number of para-hydroxylation sites is 1. The topological polar surface area (TPSA) is 99.5 Å². The van der Waals surface area contributed by atoms with E-state index in [1.165, 1.54) is 6.07 Å². The molecular formula is C17H19N3O4. The van der Waals surface area contributed by atoms with Gasteiger partial charge in [0.05, 0.1) is 11.0 Å². The summed E-state index contributed by atoms with van der Waals surface area (Å²) in [7, 11) is 0. The van der Waals surface area contributed by atoms with Gasteiger partial charge in [0, 0.05) is 36.4 Å². The van der Waals surface area contributed by atoms with E-state index < -0.39 is 4.92 Å². The number of aromatic amines is 1. The normalized spacial score (nSPS) is 26.5. The van der Waals surface area contributed by atoms with E-state index in [1.54, 1.807) is 23.1 Å². The van der Waals surface area contributed by atoms with Crippen molar-refractivity contribution in [1.29, 1.82) is 0 Å². The van der Waals surface area contributed by atoms with Crippen molar-refractivity contribution in [3.63, 3.8) is 0 Å². The lowest BCUT2D eigenvalue weighted by Crippen LogP contribution is -2.53. The summed E-state index contributed by atoms with van der Waals surface area (Å²) in [6.45, 7) is 1.10. The zero-order chi connectivity index (χ0) is 16.8. The highest BCUT2D eigenvalue weighted by Gasteiger charge is 2.40. The SMILES string of the molecule is O=C(c1cc2cccc([N+](=O)[O-])c2[nH]1)N1C[C@H]2CCC[C@@H](C1)C2O. The van der Waals surface area contributed by atoms with Crippen LogP contribution in [0.15, 0.2) is 24.3 Å². The third-order valence-electron chi connectivity index (χ3n) is 5.37. The highest BCUT2D eigenvalue weighted by molar-refractivity contribution is 6.00. The minimum atomic E-state index is -0.450. The van der Waals surface area contributed by atoms with Crippen LogP contribution in [0.2, 0.25) is 0 Å². The first-order chi connectivity index (χ1) is 11.5. The second kappa shape index (κ2) is 5.59. The van der Waals surface area contributed by atoms with E-state index in [0.29, 0.717) is 29.7 Å². The molecule has 2 heterocycles. The Bertz CT molecular complexity index is 801. The molecule has 0 radical (unpaired) electrons. The third kappa shape index (κ3) is 2.36. The van der Waals surface area contributed by atoms with Crippen LogP contribution in [0, 0.1) is 22.0 Å². The van der Waals surface area contributed by atoms with E-state index in [2.05, 4.69) is 4.98 Å². The van der Waals surface area contributed by atoms with Gasteiger partial charge in [0.15, 0.2) is 0 Å². The van der Waals surface area contributed by atoms with Crippen LogP contribution in [0.4, 0.5) is 5.69 Å². The number of hydrogen-bond donors (Lipinski definition) is 2. The molecule has 4 rings (SSSR count). The van der Waals surface area contributed by atoms with Gasteiger partial charge in [-0.15, -0.1) is 0 Å². The predicted molar refractivity (Wildman–Crippen MR) is 87.7 cm³/mol. The number of piperidine rings is 1. The maximum absolute atomic E-state index is 12.8. The fourth-order valence-corrected chi connectivity index (χ4v) is 4.15. The standard InChI is InChI=1S/C17H19N3O4/c21-16-11-4-1-5-12(16)9-19(8-11)17(22)13-7-10-3-2-6-14(20(23)24)15(10)18-13/h2-3,6-7,11-12,16,18,21H,1,4-5,8-9H2/t11-,12+,16?. The summed E-state index contributed by atoms with van der Waals surface area (Å²) in [6, 6.07) is 6.47. The number of aliphatic hydroxyl groups is 1.